The molecule has 0 aromatic carbocycles. The second-order valence-corrected chi connectivity index (χ2v) is 10.0. The Hall–Kier alpha value is -1.49. The number of fused-ring (bicyclic) bond motifs is 5. The summed E-state index contributed by atoms with van der Waals surface area (Å²) in [6, 6.07) is 0. The number of allylic oxidation sites excluding steroid dienone is 1. The van der Waals surface area contributed by atoms with E-state index in [0.717, 1.165) is 32.1 Å². The summed E-state index contributed by atoms with van der Waals surface area (Å²) in [7, 11) is 0. The van der Waals surface area contributed by atoms with Crippen LogP contribution in [-0.2, 0) is 19.1 Å². The van der Waals surface area contributed by atoms with E-state index in [1.165, 1.54) is 12.5 Å². The van der Waals surface area contributed by atoms with Crippen molar-refractivity contribution in [3.05, 3.63) is 11.6 Å². The SMILES string of the molecule is CC(=O)OCC(=O)[C@H]1CCC2C3CCC4=CC(=O)CC[C@]4(C)C3C(O)C[C@@]21C. The van der Waals surface area contributed by atoms with E-state index in [0.29, 0.717) is 24.7 Å². The van der Waals surface area contributed by atoms with E-state index >= 15 is 0 Å². The predicted octanol–water partition coefficient (Wildman–Crippen LogP) is 3.24. The lowest BCUT2D eigenvalue weighted by atomic mass is 9.46. The first kappa shape index (κ1) is 19.8. The number of hydrogen-bond acceptors (Lipinski definition) is 5. The van der Waals surface area contributed by atoms with E-state index in [1.54, 1.807) is 0 Å². The molecule has 0 aliphatic heterocycles. The minimum absolute atomic E-state index is 0.00304. The number of aliphatic hydroxyl groups is 1. The molecular weight excluding hydrogens is 356 g/mol. The van der Waals surface area contributed by atoms with Gasteiger partial charge in [0, 0.05) is 19.3 Å². The number of aliphatic hydroxyl groups excluding tert-OH is 1. The number of ketones is 2. The molecular formula is C23H32O5. The van der Waals surface area contributed by atoms with Gasteiger partial charge >= 0.3 is 5.97 Å². The molecule has 4 rings (SSSR count). The van der Waals surface area contributed by atoms with Gasteiger partial charge in [-0.15, -0.1) is 0 Å². The number of Topliss-reactive ketones (excluding diaryl/α,β-unsaturated/α-hetero) is 1. The van der Waals surface area contributed by atoms with Crippen molar-refractivity contribution in [3.63, 3.8) is 0 Å². The molecule has 0 bridgehead atoms. The minimum Gasteiger partial charge on any atom is -0.458 e. The summed E-state index contributed by atoms with van der Waals surface area (Å²) in [6.45, 7) is 5.58. The Morgan fingerprint density at radius 3 is 2.68 bits per heavy atom. The van der Waals surface area contributed by atoms with Crippen molar-refractivity contribution in [2.45, 2.75) is 71.8 Å². The fourth-order valence-electron chi connectivity index (χ4n) is 7.49. The summed E-state index contributed by atoms with van der Waals surface area (Å²) in [5, 5.41) is 11.3. The largest absolute Gasteiger partial charge is 0.458 e. The molecule has 0 radical (unpaired) electrons. The van der Waals surface area contributed by atoms with E-state index in [4.69, 9.17) is 4.74 Å². The second kappa shape index (κ2) is 6.79. The standard InChI is InChI=1S/C23H32O5/c1-13(24)28-12-20(27)18-7-6-17-16-5-4-14-10-15(25)8-9-22(14,2)21(16)19(26)11-23(17,18)3/h10,16-19,21,26H,4-9,11-12H2,1-3H3/t16?,17?,18-,19?,21?,22+,23+/m1/s1. The lowest BCUT2D eigenvalue weighted by Gasteiger charge is -2.59. The van der Waals surface area contributed by atoms with Crippen molar-refractivity contribution in [3.8, 4) is 0 Å². The average Bonchev–Trinajstić information content (AvgIpc) is 2.96. The van der Waals surface area contributed by atoms with Crippen LogP contribution in [0.4, 0.5) is 0 Å². The van der Waals surface area contributed by atoms with Crippen LogP contribution in [0.2, 0.25) is 0 Å². The summed E-state index contributed by atoms with van der Waals surface area (Å²) in [5.41, 5.74) is 0.894. The monoisotopic (exact) mass is 388 g/mol. The van der Waals surface area contributed by atoms with Gasteiger partial charge in [0.2, 0.25) is 0 Å². The molecule has 7 atom stereocenters. The van der Waals surface area contributed by atoms with E-state index in [1.807, 2.05) is 6.08 Å². The van der Waals surface area contributed by atoms with Gasteiger partial charge < -0.3 is 9.84 Å². The van der Waals surface area contributed by atoms with Crippen LogP contribution in [0.25, 0.3) is 0 Å². The molecule has 1 N–H and O–H groups in total. The highest BCUT2D eigenvalue weighted by Gasteiger charge is 2.62. The number of carbonyl (C=O) groups is 3. The van der Waals surface area contributed by atoms with Crippen molar-refractivity contribution in [2.24, 2.45) is 34.5 Å². The average molecular weight is 389 g/mol. The Labute approximate surface area is 166 Å². The minimum atomic E-state index is -0.463. The molecule has 4 aliphatic rings. The summed E-state index contributed by atoms with van der Waals surface area (Å²) in [6.07, 6.45) is 7.12. The van der Waals surface area contributed by atoms with Crippen molar-refractivity contribution in [1.29, 1.82) is 0 Å². The van der Waals surface area contributed by atoms with Crippen molar-refractivity contribution in [2.75, 3.05) is 6.61 Å². The summed E-state index contributed by atoms with van der Waals surface area (Å²) >= 11 is 0. The molecule has 4 aliphatic carbocycles. The van der Waals surface area contributed by atoms with Gasteiger partial charge in [-0.3, -0.25) is 14.4 Å². The van der Waals surface area contributed by atoms with Crippen LogP contribution in [0, 0.1) is 34.5 Å². The Kier molecular flexibility index (Phi) is 4.80. The molecule has 0 spiro atoms. The van der Waals surface area contributed by atoms with Crippen LogP contribution < -0.4 is 0 Å². The van der Waals surface area contributed by atoms with Gasteiger partial charge in [0.05, 0.1) is 6.10 Å². The molecule has 3 fully saturated rings. The first-order valence-corrected chi connectivity index (χ1v) is 10.7. The fourth-order valence-corrected chi connectivity index (χ4v) is 7.49. The highest BCUT2D eigenvalue weighted by Crippen LogP contribution is 2.66. The molecule has 3 saturated carbocycles. The van der Waals surface area contributed by atoms with Crippen LogP contribution in [0.3, 0.4) is 0 Å². The third-order valence-electron chi connectivity index (χ3n) is 8.70. The Balaban J connectivity index is 1.61. The van der Waals surface area contributed by atoms with E-state index in [9.17, 15) is 19.5 Å². The van der Waals surface area contributed by atoms with Gasteiger partial charge in [-0.1, -0.05) is 19.4 Å². The van der Waals surface area contributed by atoms with Crippen molar-refractivity contribution in [1.82, 2.24) is 0 Å². The Bertz CT molecular complexity index is 739. The van der Waals surface area contributed by atoms with Crippen molar-refractivity contribution < 1.29 is 24.2 Å². The van der Waals surface area contributed by atoms with Gasteiger partial charge in [0.1, 0.15) is 6.61 Å². The van der Waals surface area contributed by atoms with Gasteiger partial charge in [-0.05, 0) is 73.2 Å². The molecule has 0 amide bonds. The lowest BCUT2D eigenvalue weighted by Crippen LogP contribution is -2.57. The maximum absolute atomic E-state index is 12.8. The van der Waals surface area contributed by atoms with E-state index in [-0.39, 0.29) is 40.8 Å². The lowest BCUT2D eigenvalue weighted by molar-refractivity contribution is -0.154. The van der Waals surface area contributed by atoms with Crippen LogP contribution >= 0.6 is 0 Å². The molecule has 0 aromatic rings. The highest BCUT2D eigenvalue weighted by molar-refractivity contribution is 5.91. The maximum Gasteiger partial charge on any atom is 0.303 e. The predicted molar refractivity (Wildman–Crippen MR) is 103 cm³/mol. The number of ether oxygens (including phenoxy) is 1. The smallest absolute Gasteiger partial charge is 0.303 e. The molecule has 0 aromatic heterocycles. The molecule has 0 heterocycles. The van der Waals surface area contributed by atoms with Gasteiger partial charge in [-0.2, -0.15) is 0 Å². The molecule has 4 unspecified atom stereocenters. The van der Waals surface area contributed by atoms with Crippen LogP contribution in [0.15, 0.2) is 11.6 Å². The van der Waals surface area contributed by atoms with E-state index < -0.39 is 12.1 Å². The summed E-state index contributed by atoms with van der Waals surface area (Å²) in [5.74, 6) is 0.600. The topological polar surface area (TPSA) is 80.7 Å². The summed E-state index contributed by atoms with van der Waals surface area (Å²) < 4.78 is 4.98. The normalized spacial score (nSPS) is 44.8. The maximum atomic E-state index is 12.8. The van der Waals surface area contributed by atoms with Gasteiger partial charge in [-0.25, -0.2) is 0 Å². The van der Waals surface area contributed by atoms with Crippen LogP contribution in [0.5, 0.6) is 0 Å². The van der Waals surface area contributed by atoms with Crippen LogP contribution in [0.1, 0.15) is 65.7 Å². The molecule has 5 heteroatoms. The number of esters is 1. The third-order valence-corrected chi connectivity index (χ3v) is 8.70. The molecule has 0 saturated heterocycles. The first-order valence-electron chi connectivity index (χ1n) is 10.7. The van der Waals surface area contributed by atoms with Gasteiger partial charge in [0.25, 0.3) is 0 Å². The zero-order valence-electron chi connectivity index (χ0n) is 17.2. The Morgan fingerprint density at radius 2 is 1.96 bits per heavy atom. The number of carbonyl (C=O) groups excluding carboxylic acids is 3. The Morgan fingerprint density at radius 1 is 1.21 bits per heavy atom. The van der Waals surface area contributed by atoms with Gasteiger partial charge in [0.15, 0.2) is 11.6 Å². The van der Waals surface area contributed by atoms with E-state index in [2.05, 4.69) is 13.8 Å². The van der Waals surface area contributed by atoms with Crippen molar-refractivity contribution >= 4 is 17.5 Å². The first-order chi connectivity index (χ1) is 13.2. The molecule has 28 heavy (non-hydrogen) atoms. The molecule has 5 nitrogen and oxygen atoms in total. The second-order valence-electron chi connectivity index (χ2n) is 10.0. The zero-order chi connectivity index (χ0) is 20.3. The fraction of sp³-hybridized carbons (Fsp3) is 0.783. The molecule has 154 valence electrons. The highest BCUT2D eigenvalue weighted by atomic mass is 16.5. The number of rotatable bonds is 3. The quantitative estimate of drug-likeness (QED) is 0.751. The number of hydrogen-bond donors (Lipinski definition) is 1. The van der Waals surface area contributed by atoms with Crippen LogP contribution in [-0.4, -0.2) is 35.4 Å². The zero-order valence-corrected chi connectivity index (χ0v) is 17.2. The third kappa shape index (κ3) is 2.89. The summed E-state index contributed by atoms with van der Waals surface area (Å²) in [4.78, 5) is 35.9.